The second kappa shape index (κ2) is 8.98. The third-order valence-electron chi connectivity index (χ3n) is 5.01. The first-order chi connectivity index (χ1) is 9.90. The number of hydrogen-bond acceptors (Lipinski definition) is 3. The molecule has 0 aromatic carbocycles. The summed E-state index contributed by atoms with van der Waals surface area (Å²) in [5, 5.41) is 8.29. The van der Waals surface area contributed by atoms with Crippen LogP contribution in [-0.2, 0) is 33.9 Å². The van der Waals surface area contributed by atoms with E-state index in [0.29, 0.717) is 0 Å². The third-order valence-corrected chi connectivity index (χ3v) is 5.01. The quantitative estimate of drug-likeness (QED) is 0.646. The van der Waals surface area contributed by atoms with Crippen molar-refractivity contribution in [3.63, 3.8) is 0 Å². The van der Waals surface area contributed by atoms with E-state index >= 15 is 0 Å². The van der Waals surface area contributed by atoms with E-state index in [1.54, 1.807) is 0 Å². The molecule has 0 atom stereocenters. The summed E-state index contributed by atoms with van der Waals surface area (Å²) < 4.78 is 0. The van der Waals surface area contributed by atoms with Crippen LogP contribution < -0.4 is 0 Å². The fraction of sp³-hybridized carbons (Fsp3) is 0.824. The van der Waals surface area contributed by atoms with Crippen molar-refractivity contribution in [2.75, 3.05) is 0 Å². The summed E-state index contributed by atoms with van der Waals surface area (Å²) in [5.74, 6) is 2.55. The van der Waals surface area contributed by atoms with E-state index in [2.05, 4.69) is 16.4 Å². The molecule has 3 rings (SSSR count). The maximum Gasteiger partial charge on any atom is 0.145 e. The minimum Gasteiger partial charge on any atom is -0.368 e. The Labute approximate surface area is 143 Å². The van der Waals surface area contributed by atoms with Crippen molar-refractivity contribution in [3.05, 3.63) is 17.7 Å². The molecule has 0 aliphatic heterocycles. The van der Waals surface area contributed by atoms with Crippen LogP contribution in [0.3, 0.4) is 0 Å². The maximum absolute atomic E-state index is 4.73. The molecule has 0 radical (unpaired) electrons. The van der Waals surface area contributed by atoms with Gasteiger partial charge in [-0.1, -0.05) is 64.2 Å². The smallest absolute Gasteiger partial charge is 0.145 e. The molecule has 2 aliphatic rings. The zero-order chi connectivity index (χ0) is 13.6. The number of nitrogens with zero attached hydrogens (tertiary/aromatic N) is 3. The average molecular weight is 456 g/mol. The molecule has 0 amide bonds. The van der Waals surface area contributed by atoms with Gasteiger partial charge in [0, 0.05) is 27.5 Å². The monoisotopic (exact) mass is 456 g/mol. The molecule has 1 aromatic rings. The molecule has 0 bridgehead atoms. The van der Waals surface area contributed by atoms with Crippen molar-refractivity contribution in [1.29, 1.82) is 0 Å². The Balaban J connectivity index is 0.00000161. The fourth-order valence-corrected chi connectivity index (χ4v) is 3.84. The fourth-order valence-electron chi connectivity index (χ4n) is 3.84. The van der Waals surface area contributed by atoms with Gasteiger partial charge >= 0.3 is 0 Å². The van der Waals surface area contributed by atoms with Crippen molar-refractivity contribution >= 4 is 0 Å². The zero-order valence-corrected chi connectivity index (χ0v) is 15.8. The van der Waals surface area contributed by atoms with E-state index in [-0.39, 0.29) is 21.1 Å². The molecular formula is C17H26N3W-. The average Bonchev–Trinajstić information content (AvgIpc) is 2.50. The van der Waals surface area contributed by atoms with E-state index in [4.69, 9.17) is 4.98 Å². The van der Waals surface area contributed by atoms with E-state index in [0.717, 1.165) is 36.2 Å². The molecule has 21 heavy (non-hydrogen) atoms. The molecule has 3 nitrogen and oxygen atoms in total. The second-order valence-electron chi connectivity index (χ2n) is 6.70. The molecule has 2 saturated carbocycles. The first-order valence-electron chi connectivity index (χ1n) is 8.50. The second-order valence-corrected chi connectivity index (χ2v) is 6.70. The molecule has 0 saturated heterocycles. The van der Waals surface area contributed by atoms with Gasteiger partial charge in [-0.3, -0.25) is 4.98 Å². The number of hydrogen-bond donors (Lipinski definition) is 0. The largest absolute Gasteiger partial charge is 0.368 e. The summed E-state index contributed by atoms with van der Waals surface area (Å²) in [6, 6.07) is 0. The number of rotatable bonds is 4. The molecule has 2 aliphatic carbocycles. The number of aromatic nitrogens is 3. The minimum atomic E-state index is 0. The van der Waals surface area contributed by atoms with Gasteiger partial charge in [0.2, 0.25) is 0 Å². The Kier molecular flexibility index (Phi) is 7.29. The van der Waals surface area contributed by atoms with Gasteiger partial charge in [-0.05, 0) is 18.3 Å². The van der Waals surface area contributed by atoms with Crippen LogP contribution in [0, 0.1) is 18.0 Å². The van der Waals surface area contributed by atoms with Crippen molar-refractivity contribution in [3.8, 4) is 0 Å². The Morgan fingerprint density at radius 2 is 1.38 bits per heavy atom. The zero-order valence-electron chi connectivity index (χ0n) is 12.9. The van der Waals surface area contributed by atoms with Crippen LogP contribution >= 0.6 is 0 Å². The topological polar surface area (TPSA) is 38.7 Å². The Hall–Kier alpha value is -0.302. The van der Waals surface area contributed by atoms with Crippen molar-refractivity contribution in [2.24, 2.45) is 11.8 Å². The van der Waals surface area contributed by atoms with Crippen LogP contribution in [0.25, 0.3) is 0 Å². The molecule has 1 aromatic heterocycles. The van der Waals surface area contributed by atoms with Crippen LogP contribution in [0.4, 0.5) is 0 Å². The van der Waals surface area contributed by atoms with E-state index in [1.165, 1.54) is 64.2 Å². The summed E-state index contributed by atoms with van der Waals surface area (Å²) in [7, 11) is 0. The summed E-state index contributed by atoms with van der Waals surface area (Å²) in [6.07, 6.45) is 18.9. The molecule has 2 fully saturated rings. The van der Waals surface area contributed by atoms with E-state index in [9.17, 15) is 0 Å². The van der Waals surface area contributed by atoms with Gasteiger partial charge in [0.1, 0.15) is 5.82 Å². The normalized spacial score (nSPS) is 21.0. The first kappa shape index (κ1) is 17.1. The Bertz CT molecular complexity index is 377. The molecule has 4 heteroatoms. The maximum atomic E-state index is 4.73. The van der Waals surface area contributed by atoms with Gasteiger partial charge in [-0.25, -0.2) is 0 Å². The minimum absolute atomic E-state index is 0. The van der Waals surface area contributed by atoms with Crippen LogP contribution in [0.2, 0.25) is 0 Å². The van der Waals surface area contributed by atoms with Crippen LogP contribution in [-0.4, -0.2) is 15.2 Å². The molecular weight excluding hydrogens is 430 g/mol. The van der Waals surface area contributed by atoms with Crippen LogP contribution in [0.1, 0.15) is 75.7 Å². The first-order valence-corrected chi connectivity index (χ1v) is 8.50. The van der Waals surface area contributed by atoms with E-state index < -0.39 is 0 Å². The molecule has 0 spiro atoms. The van der Waals surface area contributed by atoms with Crippen molar-refractivity contribution < 1.29 is 21.1 Å². The predicted molar refractivity (Wildman–Crippen MR) is 79.2 cm³/mol. The predicted octanol–water partition coefficient (Wildman–Crippen LogP) is 3.91. The molecule has 116 valence electrons. The van der Waals surface area contributed by atoms with Gasteiger partial charge in [-0.2, -0.15) is 5.10 Å². The SMILES string of the molecule is [W].[c-]1nnc(CC2CCCCC2)nc1CC1CCCCC1. The Morgan fingerprint density at radius 1 is 0.810 bits per heavy atom. The Morgan fingerprint density at radius 3 is 2.00 bits per heavy atom. The van der Waals surface area contributed by atoms with Gasteiger partial charge in [0.05, 0.1) is 0 Å². The summed E-state index contributed by atoms with van der Waals surface area (Å²) in [5.41, 5.74) is 1.05. The molecule has 1 heterocycles. The van der Waals surface area contributed by atoms with Gasteiger partial charge in [0.25, 0.3) is 0 Å². The van der Waals surface area contributed by atoms with Gasteiger partial charge in [-0.15, -0.1) is 5.69 Å². The van der Waals surface area contributed by atoms with Gasteiger partial charge in [0.15, 0.2) is 0 Å². The molecule has 0 N–H and O–H groups in total. The van der Waals surface area contributed by atoms with Gasteiger partial charge < -0.3 is 11.3 Å². The van der Waals surface area contributed by atoms with Crippen LogP contribution in [0.15, 0.2) is 0 Å². The summed E-state index contributed by atoms with van der Waals surface area (Å²) >= 11 is 0. The summed E-state index contributed by atoms with van der Waals surface area (Å²) in [6.45, 7) is 0. The van der Waals surface area contributed by atoms with Crippen molar-refractivity contribution in [2.45, 2.75) is 77.0 Å². The standard InChI is InChI=1S/C17H26N3.W/c1-3-7-14(8-4-1)11-16-13-18-20-17(19-16)12-15-9-5-2-6-10-15;/h14-15H,1-12H2;/q-1;. The van der Waals surface area contributed by atoms with Crippen molar-refractivity contribution in [1.82, 2.24) is 15.2 Å². The third kappa shape index (κ3) is 5.43. The summed E-state index contributed by atoms with van der Waals surface area (Å²) in [4.78, 5) is 4.73. The van der Waals surface area contributed by atoms with E-state index in [1.807, 2.05) is 0 Å². The molecule has 0 unspecified atom stereocenters. The van der Waals surface area contributed by atoms with Crippen LogP contribution in [0.5, 0.6) is 0 Å².